The molecular weight excluding hydrogens is 344 g/mol. The molecule has 0 aromatic carbocycles. The first kappa shape index (κ1) is 17.9. The van der Waals surface area contributed by atoms with E-state index >= 15 is 0 Å². The van der Waals surface area contributed by atoms with E-state index in [0.29, 0.717) is 44.0 Å². The van der Waals surface area contributed by atoms with Crippen LogP contribution in [-0.4, -0.2) is 51.2 Å². The molecule has 2 fully saturated rings. The summed E-state index contributed by atoms with van der Waals surface area (Å²) in [6, 6.07) is 1.97. The summed E-state index contributed by atoms with van der Waals surface area (Å²) in [6.45, 7) is 5.29. The molecule has 0 atom stereocenters. The minimum absolute atomic E-state index is 0.0164. The lowest BCUT2D eigenvalue weighted by atomic mass is 9.96. The van der Waals surface area contributed by atoms with E-state index in [4.69, 9.17) is 9.72 Å². The predicted octanol–water partition coefficient (Wildman–Crippen LogP) is 2.57. The van der Waals surface area contributed by atoms with Crippen molar-refractivity contribution in [3.8, 4) is 0 Å². The zero-order chi connectivity index (χ0) is 19.1. The van der Waals surface area contributed by atoms with Gasteiger partial charge in [0.15, 0.2) is 5.65 Å². The fourth-order valence-corrected chi connectivity index (χ4v) is 3.97. The Morgan fingerprint density at radius 2 is 1.93 bits per heavy atom. The number of pyridine rings is 1. The van der Waals surface area contributed by atoms with Crippen LogP contribution in [0.5, 0.6) is 0 Å². The number of likely N-dealkylation sites (tertiary alicyclic amines) is 1. The summed E-state index contributed by atoms with van der Waals surface area (Å²) in [4.78, 5) is 31.9. The third kappa shape index (κ3) is 3.31. The van der Waals surface area contributed by atoms with Crippen LogP contribution in [0.2, 0.25) is 0 Å². The molecule has 1 amide bonds. The summed E-state index contributed by atoms with van der Waals surface area (Å²) in [7, 11) is 1.87. The molecule has 1 aliphatic heterocycles. The van der Waals surface area contributed by atoms with Crippen LogP contribution in [0, 0.1) is 12.8 Å². The predicted molar refractivity (Wildman–Crippen MR) is 100 cm³/mol. The molecule has 0 unspecified atom stereocenters. The Morgan fingerprint density at radius 1 is 1.22 bits per heavy atom. The summed E-state index contributed by atoms with van der Waals surface area (Å²) >= 11 is 0. The van der Waals surface area contributed by atoms with Crippen LogP contribution >= 0.6 is 0 Å². The second kappa shape index (κ2) is 6.94. The Morgan fingerprint density at radius 3 is 2.56 bits per heavy atom. The number of nitrogens with zero attached hydrogens (tertiary/aromatic N) is 4. The summed E-state index contributed by atoms with van der Waals surface area (Å²) in [5.41, 5.74) is 3.30. The van der Waals surface area contributed by atoms with Gasteiger partial charge >= 0.3 is 5.97 Å². The highest BCUT2D eigenvalue weighted by molar-refractivity contribution is 6.06. The van der Waals surface area contributed by atoms with Crippen molar-refractivity contribution >= 4 is 22.9 Å². The zero-order valence-corrected chi connectivity index (χ0v) is 16.2. The van der Waals surface area contributed by atoms with Crippen LogP contribution < -0.4 is 0 Å². The summed E-state index contributed by atoms with van der Waals surface area (Å²) in [5, 5.41) is 5.32. The maximum Gasteiger partial charge on any atom is 0.309 e. The number of carbonyl (C=O) groups excluding carboxylic acids is 2. The van der Waals surface area contributed by atoms with Gasteiger partial charge in [-0.3, -0.25) is 14.3 Å². The average Bonchev–Trinajstić information content (AvgIpc) is 3.47. The topological polar surface area (TPSA) is 77.3 Å². The number of rotatable bonds is 4. The van der Waals surface area contributed by atoms with Crippen LogP contribution in [0.3, 0.4) is 0 Å². The quantitative estimate of drug-likeness (QED) is 0.773. The van der Waals surface area contributed by atoms with E-state index in [1.165, 1.54) is 0 Å². The first-order valence-corrected chi connectivity index (χ1v) is 9.79. The molecule has 27 heavy (non-hydrogen) atoms. The normalized spacial score (nSPS) is 18.1. The van der Waals surface area contributed by atoms with Gasteiger partial charge in [0.2, 0.25) is 0 Å². The molecule has 4 rings (SSSR count). The van der Waals surface area contributed by atoms with Gasteiger partial charge in [-0.05, 0) is 45.6 Å². The van der Waals surface area contributed by atoms with Crippen LogP contribution in [-0.2, 0) is 16.6 Å². The fourth-order valence-electron chi connectivity index (χ4n) is 3.97. The fraction of sp³-hybridized carbons (Fsp3) is 0.600. The number of esters is 1. The first-order chi connectivity index (χ1) is 13.0. The Kier molecular flexibility index (Phi) is 4.61. The second-order valence-corrected chi connectivity index (χ2v) is 7.60. The van der Waals surface area contributed by atoms with Gasteiger partial charge in [-0.15, -0.1) is 0 Å². The van der Waals surface area contributed by atoms with Crippen molar-refractivity contribution in [2.45, 2.75) is 45.4 Å². The van der Waals surface area contributed by atoms with Crippen LogP contribution in [0.1, 0.15) is 60.3 Å². The number of fused-ring (bicyclic) bond motifs is 1. The van der Waals surface area contributed by atoms with Gasteiger partial charge in [-0.1, -0.05) is 0 Å². The van der Waals surface area contributed by atoms with E-state index < -0.39 is 0 Å². The average molecular weight is 370 g/mol. The van der Waals surface area contributed by atoms with Crippen LogP contribution in [0.15, 0.2) is 6.07 Å². The highest BCUT2D eigenvalue weighted by Gasteiger charge is 2.32. The van der Waals surface area contributed by atoms with Gasteiger partial charge in [0.25, 0.3) is 5.91 Å². The maximum atomic E-state index is 13.3. The van der Waals surface area contributed by atoms with Crippen molar-refractivity contribution in [1.82, 2.24) is 19.7 Å². The summed E-state index contributed by atoms with van der Waals surface area (Å²) in [6.07, 6.45) is 3.57. The van der Waals surface area contributed by atoms with Gasteiger partial charge < -0.3 is 9.64 Å². The number of aryl methyl sites for hydroxylation is 2. The zero-order valence-electron chi connectivity index (χ0n) is 16.2. The molecule has 7 heteroatoms. The molecule has 0 bridgehead atoms. The van der Waals surface area contributed by atoms with Crippen LogP contribution in [0.25, 0.3) is 11.0 Å². The molecular formula is C20H26N4O3. The van der Waals surface area contributed by atoms with E-state index in [1.807, 2.05) is 31.9 Å². The van der Waals surface area contributed by atoms with Crippen molar-refractivity contribution in [2.24, 2.45) is 13.0 Å². The summed E-state index contributed by atoms with van der Waals surface area (Å²) < 4.78 is 6.89. The molecule has 0 N–H and O–H groups in total. The Labute approximate surface area is 158 Å². The number of ether oxygens (including phenoxy) is 1. The van der Waals surface area contributed by atoms with Crippen molar-refractivity contribution in [2.75, 3.05) is 19.7 Å². The molecule has 2 aliphatic rings. The second-order valence-electron chi connectivity index (χ2n) is 7.60. The number of hydrogen-bond donors (Lipinski definition) is 0. The number of piperidine rings is 1. The smallest absolute Gasteiger partial charge is 0.309 e. The lowest BCUT2D eigenvalue weighted by Gasteiger charge is -2.31. The van der Waals surface area contributed by atoms with Gasteiger partial charge in [0.1, 0.15) is 0 Å². The Hall–Kier alpha value is -2.44. The Balaban J connectivity index is 1.60. The molecule has 0 spiro atoms. The van der Waals surface area contributed by atoms with Crippen LogP contribution in [0.4, 0.5) is 0 Å². The number of carbonyl (C=O) groups is 2. The lowest BCUT2D eigenvalue weighted by Crippen LogP contribution is -2.40. The van der Waals surface area contributed by atoms with E-state index in [-0.39, 0.29) is 17.8 Å². The van der Waals surface area contributed by atoms with Crippen molar-refractivity contribution < 1.29 is 14.3 Å². The highest BCUT2D eigenvalue weighted by Crippen LogP contribution is 2.40. The lowest BCUT2D eigenvalue weighted by molar-refractivity contribution is -0.149. The molecule has 1 saturated heterocycles. The molecule has 3 heterocycles. The van der Waals surface area contributed by atoms with Crippen molar-refractivity contribution in [1.29, 1.82) is 0 Å². The van der Waals surface area contributed by atoms with E-state index in [0.717, 1.165) is 35.3 Å². The van der Waals surface area contributed by atoms with Gasteiger partial charge in [-0.25, -0.2) is 4.98 Å². The van der Waals surface area contributed by atoms with E-state index in [9.17, 15) is 9.59 Å². The van der Waals surface area contributed by atoms with Gasteiger partial charge in [-0.2, -0.15) is 5.10 Å². The van der Waals surface area contributed by atoms with E-state index in [1.54, 1.807) is 4.68 Å². The first-order valence-electron chi connectivity index (χ1n) is 9.79. The van der Waals surface area contributed by atoms with E-state index in [2.05, 4.69) is 5.10 Å². The van der Waals surface area contributed by atoms with Gasteiger partial charge in [0, 0.05) is 31.7 Å². The summed E-state index contributed by atoms with van der Waals surface area (Å²) in [5.74, 6) is 0.233. The standard InChI is InChI=1S/C20H26N4O3/c1-4-27-20(26)14-7-9-24(10-8-14)19(25)15-11-16(13-5-6-13)21-18-17(15)12(2)22-23(18)3/h11,13-14H,4-10H2,1-3H3. The van der Waals surface area contributed by atoms with Gasteiger partial charge in [0.05, 0.1) is 29.2 Å². The minimum atomic E-state index is -0.143. The minimum Gasteiger partial charge on any atom is -0.466 e. The molecule has 0 radical (unpaired) electrons. The monoisotopic (exact) mass is 370 g/mol. The van der Waals surface area contributed by atoms with Crippen molar-refractivity contribution in [3.05, 3.63) is 23.0 Å². The highest BCUT2D eigenvalue weighted by atomic mass is 16.5. The molecule has 1 aliphatic carbocycles. The van der Waals surface area contributed by atoms with Crippen molar-refractivity contribution in [3.63, 3.8) is 0 Å². The molecule has 144 valence electrons. The molecule has 1 saturated carbocycles. The third-order valence-corrected chi connectivity index (χ3v) is 5.62. The SMILES string of the molecule is CCOC(=O)C1CCN(C(=O)c2cc(C3CC3)nc3c2c(C)nn3C)CC1. The molecule has 2 aromatic rings. The molecule has 7 nitrogen and oxygen atoms in total. The molecule has 2 aromatic heterocycles. The number of aromatic nitrogens is 3. The maximum absolute atomic E-state index is 13.3. The number of amides is 1. The third-order valence-electron chi connectivity index (χ3n) is 5.62. The number of hydrogen-bond acceptors (Lipinski definition) is 5. The largest absolute Gasteiger partial charge is 0.466 e. The Bertz CT molecular complexity index is 892.